The highest BCUT2D eigenvalue weighted by atomic mass is 19.1. The highest BCUT2D eigenvalue weighted by Crippen LogP contribution is 2.18. The summed E-state index contributed by atoms with van der Waals surface area (Å²) in [6.45, 7) is 2.76. The molecule has 3 N–H and O–H groups in total. The zero-order valence-electron chi connectivity index (χ0n) is 12.8. The molecule has 0 radical (unpaired) electrons. The second-order valence-electron chi connectivity index (χ2n) is 5.36. The number of halogens is 1. The van der Waals surface area contributed by atoms with Crippen molar-refractivity contribution in [3.8, 4) is 0 Å². The fourth-order valence-electron chi connectivity index (χ4n) is 2.43. The number of hydroxylamine groups is 1. The maximum Gasteiger partial charge on any atom is 0.267 e. The van der Waals surface area contributed by atoms with Crippen molar-refractivity contribution >= 4 is 23.7 Å². The molecule has 1 fully saturated rings. The summed E-state index contributed by atoms with van der Waals surface area (Å²) in [5, 5.41) is 11.4. The molecule has 1 aromatic rings. The van der Waals surface area contributed by atoms with Crippen LogP contribution in [0.25, 0.3) is 6.08 Å². The third kappa shape index (κ3) is 4.75. The van der Waals surface area contributed by atoms with Crippen LogP contribution in [-0.2, 0) is 9.59 Å². The van der Waals surface area contributed by atoms with Crippen LogP contribution in [0.5, 0.6) is 0 Å². The van der Waals surface area contributed by atoms with Crippen molar-refractivity contribution in [1.29, 1.82) is 0 Å². The molecule has 2 heterocycles. The molecule has 1 unspecified atom stereocenters. The van der Waals surface area contributed by atoms with Crippen LogP contribution in [0.15, 0.2) is 18.3 Å². The van der Waals surface area contributed by atoms with Crippen molar-refractivity contribution in [2.75, 3.05) is 18.4 Å². The number of anilines is 1. The second-order valence-corrected chi connectivity index (χ2v) is 5.36. The topological polar surface area (TPSA) is 94.6 Å². The Kier molecular flexibility index (Phi) is 5.64. The van der Waals surface area contributed by atoms with Gasteiger partial charge in [-0.3, -0.25) is 14.8 Å². The van der Waals surface area contributed by atoms with Gasteiger partial charge in [-0.05, 0) is 30.5 Å². The Bertz CT molecular complexity index is 621. The first-order chi connectivity index (χ1) is 11.0. The number of rotatable bonds is 4. The van der Waals surface area contributed by atoms with E-state index in [1.807, 2.05) is 0 Å². The van der Waals surface area contributed by atoms with E-state index in [2.05, 4.69) is 10.3 Å². The fourth-order valence-corrected chi connectivity index (χ4v) is 2.43. The van der Waals surface area contributed by atoms with Gasteiger partial charge in [-0.25, -0.2) is 14.9 Å². The van der Waals surface area contributed by atoms with E-state index in [1.54, 1.807) is 4.90 Å². The zero-order valence-corrected chi connectivity index (χ0v) is 12.8. The van der Waals surface area contributed by atoms with Gasteiger partial charge in [0.1, 0.15) is 0 Å². The van der Waals surface area contributed by atoms with Gasteiger partial charge in [-0.2, -0.15) is 0 Å². The highest BCUT2D eigenvalue weighted by Gasteiger charge is 2.22. The van der Waals surface area contributed by atoms with Crippen LogP contribution in [-0.4, -0.2) is 46.0 Å². The number of aromatic nitrogens is 1. The van der Waals surface area contributed by atoms with E-state index in [1.165, 1.54) is 30.7 Å². The quantitative estimate of drug-likeness (QED) is 0.439. The monoisotopic (exact) mass is 322 g/mol. The lowest BCUT2D eigenvalue weighted by molar-refractivity contribution is -0.129. The van der Waals surface area contributed by atoms with Gasteiger partial charge in [-0.15, -0.1) is 0 Å². The Morgan fingerprint density at radius 1 is 1.52 bits per heavy atom. The summed E-state index contributed by atoms with van der Waals surface area (Å²) in [5.74, 6) is -1.13. The third-order valence-corrected chi connectivity index (χ3v) is 3.61. The SMILES string of the molecule is CC(=O)N1CCCC(Nc2ncc(/C=C/C(=O)NO)cc2F)C1. The predicted octanol–water partition coefficient (Wildman–Crippen LogP) is 1.16. The van der Waals surface area contributed by atoms with E-state index in [4.69, 9.17) is 5.21 Å². The average Bonchev–Trinajstić information content (AvgIpc) is 2.55. The maximum atomic E-state index is 14.1. The van der Waals surface area contributed by atoms with Crippen LogP contribution in [0.1, 0.15) is 25.3 Å². The molecular weight excluding hydrogens is 303 g/mol. The number of carbonyl (C=O) groups is 2. The van der Waals surface area contributed by atoms with Crippen molar-refractivity contribution in [1.82, 2.24) is 15.4 Å². The normalized spacial score (nSPS) is 18.0. The number of pyridine rings is 1. The van der Waals surface area contributed by atoms with E-state index < -0.39 is 11.7 Å². The van der Waals surface area contributed by atoms with Crippen LogP contribution < -0.4 is 10.8 Å². The van der Waals surface area contributed by atoms with Gasteiger partial charge in [0.15, 0.2) is 11.6 Å². The summed E-state index contributed by atoms with van der Waals surface area (Å²) in [4.78, 5) is 28.0. The predicted molar refractivity (Wildman–Crippen MR) is 82.1 cm³/mol. The molecule has 2 amide bonds. The fraction of sp³-hybridized carbons (Fsp3) is 0.400. The Balaban J connectivity index is 2.02. The summed E-state index contributed by atoms with van der Waals surface area (Å²) < 4.78 is 14.1. The third-order valence-electron chi connectivity index (χ3n) is 3.61. The van der Waals surface area contributed by atoms with Crippen molar-refractivity contribution in [2.24, 2.45) is 0 Å². The Morgan fingerprint density at radius 3 is 2.96 bits per heavy atom. The number of hydrogen-bond acceptors (Lipinski definition) is 5. The van der Waals surface area contributed by atoms with Crippen LogP contribution in [0.2, 0.25) is 0 Å². The zero-order chi connectivity index (χ0) is 16.8. The van der Waals surface area contributed by atoms with Crippen molar-refractivity contribution < 1.29 is 19.2 Å². The van der Waals surface area contributed by atoms with E-state index in [0.717, 1.165) is 25.5 Å². The standard InChI is InChI=1S/C15H19FN4O3/c1-10(21)20-6-2-3-12(9-20)18-15-13(16)7-11(8-17-15)4-5-14(22)19-23/h4-5,7-8,12,23H,2-3,6,9H2,1H3,(H,17,18)(H,19,22)/b5-4+. The van der Waals surface area contributed by atoms with Crippen molar-refractivity contribution in [2.45, 2.75) is 25.8 Å². The molecule has 0 bridgehead atoms. The number of hydrogen-bond donors (Lipinski definition) is 3. The number of likely N-dealkylation sites (tertiary alicyclic amines) is 1. The Morgan fingerprint density at radius 2 is 2.30 bits per heavy atom. The molecule has 8 heteroatoms. The van der Waals surface area contributed by atoms with Crippen LogP contribution in [0, 0.1) is 5.82 Å². The number of piperidine rings is 1. The minimum atomic E-state index is -0.709. The molecule has 23 heavy (non-hydrogen) atoms. The first kappa shape index (κ1) is 16.9. The molecule has 124 valence electrons. The van der Waals surface area contributed by atoms with Crippen LogP contribution >= 0.6 is 0 Å². The molecule has 2 rings (SSSR count). The van der Waals surface area contributed by atoms with Gasteiger partial charge in [0.05, 0.1) is 0 Å². The molecule has 7 nitrogen and oxygen atoms in total. The number of carbonyl (C=O) groups excluding carboxylic acids is 2. The highest BCUT2D eigenvalue weighted by molar-refractivity contribution is 5.90. The molecule has 1 aromatic heterocycles. The van der Waals surface area contributed by atoms with Gasteiger partial charge in [-0.1, -0.05) is 0 Å². The summed E-state index contributed by atoms with van der Waals surface area (Å²) in [6, 6.07) is 1.19. The lowest BCUT2D eigenvalue weighted by Gasteiger charge is -2.32. The molecule has 0 spiro atoms. The van der Waals surface area contributed by atoms with Gasteiger partial charge < -0.3 is 10.2 Å². The van der Waals surface area contributed by atoms with Gasteiger partial charge in [0, 0.05) is 38.3 Å². The lowest BCUT2D eigenvalue weighted by atomic mass is 10.1. The molecule has 0 aromatic carbocycles. The summed E-state index contributed by atoms with van der Waals surface area (Å²) in [7, 11) is 0. The summed E-state index contributed by atoms with van der Waals surface area (Å²) >= 11 is 0. The van der Waals surface area contributed by atoms with E-state index in [0.29, 0.717) is 12.1 Å². The smallest absolute Gasteiger partial charge is 0.267 e. The number of nitrogens with one attached hydrogen (secondary N) is 2. The molecular formula is C15H19FN4O3. The summed E-state index contributed by atoms with van der Waals surface area (Å²) in [6.07, 6.45) is 5.51. The van der Waals surface area contributed by atoms with Gasteiger partial charge in [0.25, 0.3) is 5.91 Å². The second kappa shape index (κ2) is 7.68. The molecule has 1 aliphatic heterocycles. The average molecular weight is 322 g/mol. The molecule has 1 aliphatic rings. The molecule has 1 atom stereocenters. The van der Waals surface area contributed by atoms with E-state index in [9.17, 15) is 14.0 Å². The minimum Gasteiger partial charge on any atom is -0.363 e. The first-order valence-electron chi connectivity index (χ1n) is 7.29. The number of amides is 2. The van der Waals surface area contributed by atoms with Crippen molar-refractivity contribution in [3.05, 3.63) is 29.7 Å². The molecule has 1 saturated heterocycles. The van der Waals surface area contributed by atoms with Gasteiger partial charge >= 0.3 is 0 Å². The van der Waals surface area contributed by atoms with Crippen LogP contribution in [0.4, 0.5) is 10.2 Å². The molecule has 0 saturated carbocycles. The van der Waals surface area contributed by atoms with Gasteiger partial charge in [0.2, 0.25) is 5.91 Å². The van der Waals surface area contributed by atoms with Crippen LogP contribution in [0.3, 0.4) is 0 Å². The summed E-state index contributed by atoms with van der Waals surface area (Å²) in [5.41, 5.74) is 1.84. The largest absolute Gasteiger partial charge is 0.363 e. The van der Waals surface area contributed by atoms with E-state index >= 15 is 0 Å². The van der Waals surface area contributed by atoms with Crippen molar-refractivity contribution in [3.63, 3.8) is 0 Å². The Hall–Kier alpha value is -2.48. The van der Waals surface area contributed by atoms with E-state index in [-0.39, 0.29) is 17.8 Å². The lowest BCUT2D eigenvalue weighted by Crippen LogP contribution is -2.44. The Labute approximate surface area is 133 Å². The maximum absolute atomic E-state index is 14.1. The first-order valence-corrected chi connectivity index (χ1v) is 7.29. The number of nitrogens with zero attached hydrogens (tertiary/aromatic N) is 2. The minimum absolute atomic E-state index is 0.00702. The molecule has 0 aliphatic carbocycles.